The Morgan fingerprint density at radius 1 is 1.47 bits per heavy atom. The second-order valence-corrected chi connectivity index (χ2v) is 2.85. The van der Waals surface area contributed by atoms with Gasteiger partial charge in [-0.05, 0) is 6.07 Å². The molecule has 0 atom stereocenters. The van der Waals surface area contributed by atoms with E-state index in [2.05, 4.69) is 0 Å². The molecule has 15 heavy (non-hydrogen) atoms. The highest BCUT2D eigenvalue weighted by atomic mass is 19.1. The maximum Gasteiger partial charge on any atom is 0.328 e. The first-order valence-corrected chi connectivity index (χ1v) is 4.41. The van der Waals surface area contributed by atoms with E-state index < -0.39 is 5.97 Å². The van der Waals surface area contributed by atoms with Gasteiger partial charge in [-0.3, -0.25) is 0 Å². The van der Waals surface area contributed by atoms with Crippen molar-refractivity contribution in [3.63, 3.8) is 0 Å². The summed E-state index contributed by atoms with van der Waals surface area (Å²) in [5.74, 6) is -1.34. The van der Waals surface area contributed by atoms with Gasteiger partial charge in [0, 0.05) is 11.6 Å². The highest BCUT2D eigenvalue weighted by Crippen LogP contribution is 2.07. The van der Waals surface area contributed by atoms with Gasteiger partial charge in [0.25, 0.3) is 0 Å². The molecule has 80 valence electrons. The van der Waals surface area contributed by atoms with E-state index in [4.69, 9.17) is 9.84 Å². The van der Waals surface area contributed by atoms with Gasteiger partial charge in [-0.15, -0.1) is 0 Å². The van der Waals surface area contributed by atoms with E-state index in [1.54, 1.807) is 18.2 Å². The van der Waals surface area contributed by atoms with Crippen LogP contribution in [0.2, 0.25) is 0 Å². The third-order valence-corrected chi connectivity index (χ3v) is 1.69. The van der Waals surface area contributed by atoms with Crippen LogP contribution in [0.1, 0.15) is 5.56 Å². The van der Waals surface area contributed by atoms with Crippen LogP contribution < -0.4 is 0 Å². The van der Waals surface area contributed by atoms with Crippen molar-refractivity contribution in [2.24, 2.45) is 0 Å². The molecule has 0 aliphatic carbocycles. The normalized spacial score (nSPS) is 10.7. The average molecular weight is 210 g/mol. The largest absolute Gasteiger partial charge is 0.478 e. The first-order chi connectivity index (χ1) is 7.20. The van der Waals surface area contributed by atoms with Gasteiger partial charge in [0.1, 0.15) is 5.82 Å². The maximum absolute atomic E-state index is 13.0. The summed E-state index contributed by atoms with van der Waals surface area (Å²) in [6, 6.07) is 6.29. The lowest BCUT2D eigenvalue weighted by Crippen LogP contribution is -1.96. The molecule has 0 aromatic heterocycles. The van der Waals surface area contributed by atoms with E-state index >= 15 is 0 Å². The molecule has 1 N–H and O–H groups in total. The quantitative estimate of drug-likeness (QED) is 0.597. The number of carboxylic acid groups (broad SMARTS) is 1. The van der Waals surface area contributed by atoms with Crippen molar-refractivity contribution in [1.29, 1.82) is 0 Å². The fraction of sp³-hybridized carbons (Fsp3) is 0.182. The Morgan fingerprint density at radius 2 is 2.20 bits per heavy atom. The summed E-state index contributed by atoms with van der Waals surface area (Å²) in [5.41, 5.74) is 0.459. The van der Waals surface area contributed by atoms with Gasteiger partial charge in [0.15, 0.2) is 0 Å². The van der Waals surface area contributed by atoms with Crippen LogP contribution in [-0.2, 0) is 16.1 Å². The number of halogens is 1. The molecule has 0 amide bonds. The van der Waals surface area contributed by atoms with E-state index in [1.165, 1.54) is 12.1 Å². The molecule has 3 nitrogen and oxygen atoms in total. The molecular formula is C11H11FO3. The number of carbonyl (C=O) groups is 1. The Labute approximate surface area is 86.8 Å². The summed E-state index contributed by atoms with van der Waals surface area (Å²) in [5, 5.41) is 8.27. The predicted octanol–water partition coefficient (Wildman–Crippen LogP) is 1.98. The maximum atomic E-state index is 13.0. The molecule has 4 heteroatoms. The summed E-state index contributed by atoms with van der Waals surface area (Å²) in [6.45, 7) is 0.289. The van der Waals surface area contributed by atoms with Gasteiger partial charge >= 0.3 is 5.97 Å². The Balaban J connectivity index is 2.32. The number of rotatable bonds is 5. The van der Waals surface area contributed by atoms with Crippen LogP contribution in [0.25, 0.3) is 0 Å². The molecule has 1 aromatic carbocycles. The highest BCUT2D eigenvalue weighted by Gasteiger charge is 1.98. The molecule has 1 rings (SSSR count). The first-order valence-electron chi connectivity index (χ1n) is 4.41. The van der Waals surface area contributed by atoms with Gasteiger partial charge in [-0.25, -0.2) is 9.18 Å². The lowest BCUT2D eigenvalue weighted by atomic mass is 10.2. The number of aliphatic carboxylic acids is 1. The molecule has 0 bridgehead atoms. The molecule has 0 fully saturated rings. The molecule has 0 spiro atoms. The van der Waals surface area contributed by atoms with Crippen molar-refractivity contribution in [2.45, 2.75) is 6.61 Å². The van der Waals surface area contributed by atoms with Crippen LogP contribution in [0.15, 0.2) is 36.4 Å². The minimum absolute atomic E-state index is 0.136. The van der Waals surface area contributed by atoms with Crippen molar-refractivity contribution in [3.8, 4) is 0 Å². The minimum atomic E-state index is -1.02. The summed E-state index contributed by atoms with van der Waals surface area (Å²) >= 11 is 0. The number of carboxylic acids is 1. The van der Waals surface area contributed by atoms with E-state index in [0.717, 1.165) is 6.08 Å². The van der Waals surface area contributed by atoms with E-state index in [0.29, 0.717) is 5.56 Å². The second kappa shape index (κ2) is 5.93. The molecule has 0 aliphatic rings. The van der Waals surface area contributed by atoms with E-state index in [-0.39, 0.29) is 19.0 Å². The van der Waals surface area contributed by atoms with Gasteiger partial charge in [0.2, 0.25) is 0 Å². The van der Waals surface area contributed by atoms with E-state index in [9.17, 15) is 9.18 Å². The number of hydrogen-bond donors (Lipinski definition) is 1. The Kier molecular flexibility index (Phi) is 4.50. The van der Waals surface area contributed by atoms with Crippen molar-refractivity contribution in [1.82, 2.24) is 0 Å². The number of hydrogen-bond acceptors (Lipinski definition) is 2. The highest BCUT2D eigenvalue weighted by molar-refractivity contribution is 5.79. The lowest BCUT2D eigenvalue weighted by Gasteiger charge is -2.02. The third-order valence-electron chi connectivity index (χ3n) is 1.69. The molecule has 0 saturated heterocycles. The van der Waals surface area contributed by atoms with Crippen LogP contribution in [0.3, 0.4) is 0 Å². The van der Waals surface area contributed by atoms with Crippen molar-refractivity contribution in [3.05, 3.63) is 47.8 Å². The van der Waals surface area contributed by atoms with Crippen LogP contribution in [0.4, 0.5) is 4.39 Å². The van der Waals surface area contributed by atoms with Gasteiger partial charge < -0.3 is 9.84 Å². The predicted molar refractivity (Wildman–Crippen MR) is 52.8 cm³/mol. The zero-order chi connectivity index (χ0) is 11.1. The fourth-order valence-corrected chi connectivity index (χ4v) is 1.00. The van der Waals surface area contributed by atoms with Crippen molar-refractivity contribution < 1.29 is 19.0 Å². The molecular weight excluding hydrogens is 199 g/mol. The van der Waals surface area contributed by atoms with Crippen molar-refractivity contribution in [2.75, 3.05) is 6.61 Å². The SMILES string of the molecule is O=C(O)C=CCOCc1ccccc1F. The van der Waals surface area contributed by atoms with Gasteiger partial charge in [-0.1, -0.05) is 24.3 Å². The molecule has 0 radical (unpaired) electrons. The summed E-state index contributed by atoms with van der Waals surface area (Å²) in [4.78, 5) is 10.1. The molecule has 0 unspecified atom stereocenters. The van der Waals surface area contributed by atoms with Crippen LogP contribution in [0.5, 0.6) is 0 Å². The minimum Gasteiger partial charge on any atom is -0.478 e. The Bertz CT molecular complexity index is 361. The molecule has 1 aromatic rings. The van der Waals surface area contributed by atoms with Gasteiger partial charge in [-0.2, -0.15) is 0 Å². The lowest BCUT2D eigenvalue weighted by molar-refractivity contribution is -0.131. The topological polar surface area (TPSA) is 46.5 Å². The fourth-order valence-electron chi connectivity index (χ4n) is 1.00. The standard InChI is InChI=1S/C11H11FO3/c12-10-5-2-1-4-9(10)8-15-7-3-6-11(13)14/h1-6H,7-8H2,(H,13,14). The van der Waals surface area contributed by atoms with Gasteiger partial charge in [0.05, 0.1) is 13.2 Å². The molecule has 0 saturated carbocycles. The van der Waals surface area contributed by atoms with Crippen LogP contribution >= 0.6 is 0 Å². The summed E-state index contributed by atoms with van der Waals surface area (Å²) < 4.78 is 18.1. The zero-order valence-electron chi connectivity index (χ0n) is 8.02. The molecule has 0 heterocycles. The monoisotopic (exact) mass is 210 g/mol. The summed E-state index contributed by atoms with van der Waals surface area (Å²) in [6.07, 6.45) is 2.35. The zero-order valence-corrected chi connectivity index (χ0v) is 8.02. The average Bonchev–Trinajstić information content (AvgIpc) is 2.20. The second-order valence-electron chi connectivity index (χ2n) is 2.85. The first kappa shape index (κ1) is 11.4. The Hall–Kier alpha value is -1.68. The smallest absolute Gasteiger partial charge is 0.328 e. The van der Waals surface area contributed by atoms with Crippen molar-refractivity contribution >= 4 is 5.97 Å². The van der Waals surface area contributed by atoms with E-state index in [1.807, 2.05) is 0 Å². The molecule has 0 aliphatic heterocycles. The van der Waals surface area contributed by atoms with Crippen LogP contribution in [0, 0.1) is 5.82 Å². The Morgan fingerprint density at radius 3 is 2.87 bits per heavy atom. The summed E-state index contributed by atoms with van der Waals surface area (Å²) in [7, 11) is 0. The third kappa shape index (κ3) is 4.37. The number of benzene rings is 1. The number of ether oxygens (including phenoxy) is 1. The van der Waals surface area contributed by atoms with Crippen LogP contribution in [-0.4, -0.2) is 17.7 Å².